The molecule has 6 nitrogen and oxygen atoms in total. The van der Waals surface area contributed by atoms with E-state index in [1.54, 1.807) is 18.5 Å². The van der Waals surface area contributed by atoms with Gasteiger partial charge in [-0.15, -0.1) is 0 Å². The van der Waals surface area contributed by atoms with Gasteiger partial charge in [0.05, 0.1) is 0 Å². The van der Waals surface area contributed by atoms with Gasteiger partial charge in [0.15, 0.2) is 0 Å². The SMILES string of the molecule is CCc1ccc(Nc2nc(C)cc(C(=O)NCc3ccncc3)n2)cc1. The highest BCUT2D eigenvalue weighted by Gasteiger charge is 2.11. The fourth-order valence-electron chi connectivity index (χ4n) is 2.47. The molecule has 0 saturated carbocycles. The monoisotopic (exact) mass is 347 g/mol. The van der Waals surface area contributed by atoms with E-state index in [2.05, 4.69) is 44.6 Å². The number of benzene rings is 1. The number of hydrogen-bond acceptors (Lipinski definition) is 5. The van der Waals surface area contributed by atoms with Gasteiger partial charge in [-0.3, -0.25) is 9.78 Å². The Morgan fingerprint density at radius 3 is 2.42 bits per heavy atom. The summed E-state index contributed by atoms with van der Waals surface area (Å²) in [6.45, 7) is 4.38. The molecule has 1 amide bonds. The van der Waals surface area contributed by atoms with Crippen LogP contribution in [0.1, 0.15) is 34.2 Å². The van der Waals surface area contributed by atoms with Crippen molar-refractivity contribution in [2.75, 3.05) is 5.32 Å². The van der Waals surface area contributed by atoms with Crippen molar-refractivity contribution in [1.82, 2.24) is 20.3 Å². The van der Waals surface area contributed by atoms with E-state index < -0.39 is 0 Å². The Bertz CT molecular complexity index is 878. The Kier molecular flexibility index (Phi) is 5.53. The lowest BCUT2D eigenvalue weighted by atomic mass is 10.1. The number of carbonyl (C=O) groups excluding carboxylic acids is 1. The summed E-state index contributed by atoms with van der Waals surface area (Å²) in [5, 5.41) is 6.02. The number of nitrogens with one attached hydrogen (secondary N) is 2. The average molecular weight is 347 g/mol. The van der Waals surface area contributed by atoms with Crippen LogP contribution in [-0.4, -0.2) is 20.9 Å². The van der Waals surface area contributed by atoms with Crippen LogP contribution >= 0.6 is 0 Å². The minimum Gasteiger partial charge on any atom is -0.347 e. The molecule has 0 bridgehead atoms. The Hall–Kier alpha value is -3.28. The topological polar surface area (TPSA) is 79.8 Å². The van der Waals surface area contributed by atoms with Crippen LogP contribution in [0, 0.1) is 6.92 Å². The van der Waals surface area contributed by atoms with E-state index in [1.807, 2.05) is 31.2 Å². The van der Waals surface area contributed by atoms with Gasteiger partial charge >= 0.3 is 0 Å². The molecule has 6 heteroatoms. The molecule has 132 valence electrons. The van der Waals surface area contributed by atoms with E-state index in [9.17, 15) is 4.79 Å². The molecule has 0 spiro atoms. The molecule has 2 aromatic heterocycles. The summed E-state index contributed by atoms with van der Waals surface area (Å²) in [5.41, 5.74) is 4.18. The first kappa shape index (κ1) is 17.5. The number of anilines is 2. The fourth-order valence-corrected chi connectivity index (χ4v) is 2.47. The number of aromatic nitrogens is 3. The van der Waals surface area contributed by atoms with Crippen LogP contribution < -0.4 is 10.6 Å². The average Bonchev–Trinajstić information content (AvgIpc) is 2.67. The molecule has 26 heavy (non-hydrogen) atoms. The standard InChI is InChI=1S/C20H21N5O/c1-3-15-4-6-17(7-5-15)24-20-23-14(2)12-18(25-20)19(26)22-13-16-8-10-21-11-9-16/h4-12H,3,13H2,1-2H3,(H,22,26)(H,23,24,25). The van der Waals surface area contributed by atoms with Gasteiger partial charge in [-0.05, 0) is 54.8 Å². The first-order chi connectivity index (χ1) is 12.6. The second kappa shape index (κ2) is 8.20. The van der Waals surface area contributed by atoms with Gasteiger partial charge in [0.25, 0.3) is 5.91 Å². The molecule has 0 unspecified atom stereocenters. The maximum Gasteiger partial charge on any atom is 0.270 e. The third kappa shape index (κ3) is 4.63. The molecule has 0 atom stereocenters. The predicted molar refractivity (Wildman–Crippen MR) is 101 cm³/mol. The van der Waals surface area contributed by atoms with Gasteiger partial charge in [0.1, 0.15) is 5.69 Å². The second-order valence-electron chi connectivity index (χ2n) is 5.93. The Labute approximate surface area is 152 Å². The molecule has 2 N–H and O–H groups in total. The van der Waals surface area contributed by atoms with Gasteiger partial charge in [-0.1, -0.05) is 19.1 Å². The van der Waals surface area contributed by atoms with E-state index in [1.165, 1.54) is 5.56 Å². The molecule has 0 aliphatic rings. The number of rotatable bonds is 6. The fraction of sp³-hybridized carbons (Fsp3) is 0.200. The van der Waals surface area contributed by atoms with Crippen LogP contribution in [0.4, 0.5) is 11.6 Å². The van der Waals surface area contributed by atoms with Crippen molar-refractivity contribution < 1.29 is 4.79 Å². The van der Waals surface area contributed by atoms with E-state index in [-0.39, 0.29) is 5.91 Å². The minimum atomic E-state index is -0.239. The largest absolute Gasteiger partial charge is 0.347 e. The van der Waals surface area contributed by atoms with Gasteiger partial charge in [0, 0.05) is 30.3 Å². The number of pyridine rings is 1. The summed E-state index contributed by atoms with van der Waals surface area (Å²) < 4.78 is 0. The van der Waals surface area contributed by atoms with Crippen molar-refractivity contribution in [2.24, 2.45) is 0 Å². The first-order valence-electron chi connectivity index (χ1n) is 8.53. The van der Waals surface area contributed by atoms with Crippen LogP contribution in [0.15, 0.2) is 54.9 Å². The van der Waals surface area contributed by atoms with Crippen molar-refractivity contribution in [3.8, 4) is 0 Å². The van der Waals surface area contributed by atoms with Gasteiger partial charge in [0.2, 0.25) is 5.95 Å². The van der Waals surface area contributed by atoms with Crippen LogP contribution in [-0.2, 0) is 13.0 Å². The van der Waals surface area contributed by atoms with E-state index in [0.717, 1.165) is 23.4 Å². The van der Waals surface area contributed by atoms with Gasteiger partial charge in [-0.25, -0.2) is 9.97 Å². The van der Waals surface area contributed by atoms with E-state index in [4.69, 9.17) is 0 Å². The first-order valence-corrected chi connectivity index (χ1v) is 8.53. The minimum absolute atomic E-state index is 0.239. The summed E-state index contributed by atoms with van der Waals surface area (Å²) in [6, 6.07) is 13.5. The molecule has 0 saturated heterocycles. The molecule has 0 radical (unpaired) electrons. The van der Waals surface area contributed by atoms with Gasteiger partial charge < -0.3 is 10.6 Å². The molecule has 2 heterocycles. The van der Waals surface area contributed by atoms with Crippen molar-refractivity contribution in [1.29, 1.82) is 0 Å². The summed E-state index contributed by atoms with van der Waals surface area (Å²) in [7, 11) is 0. The zero-order chi connectivity index (χ0) is 18.4. The van der Waals surface area contributed by atoms with Crippen molar-refractivity contribution >= 4 is 17.5 Å². The lowest BCUT2D eigenvalue weighted by Crippen LogP contribution is -2.24. The van der Waals surface area contributed by atoms with Gasteiger partial charge in [-0.2, -0.15) is 0 Å². The summed E-state index contributed by atoms with van der Waals surface area (Å²) in [4.78, 5) is 25.1. The molecule has 3 aromatic rings. The normalized spacial score (nSPS) is 10.4. The quantitative estimate of drug-likeness (QED) is 0.714. The number of carbonyl (C=O) groups is 1. The number of nitrogens with zero attached hydrogens (tertiary/aromatic N) is 3. The van der Waals surface area contributed by atoms with Crippen LogP contribution in [0.25, 0.3) is 0 Å². The smallest absolute Gasteiger partial charge is 0.270 e. The molecule has 0 aliphatic heterocycles. The second-order valence-corrected chi connectivity index (χ2v) is 5.93. The predicted octanol–water partition coefficient (Wildman–Crippen LogP) is 3.42. The number of amides is 1. The summed E-state index contributed by atoms with van der Waals surface area (Å²) >= 11 is 0. The highest BCUT2D eigenvalue weighted by Crippen LogP contribution is 2.15. The van der Waals surface area contributed by atoms with E-state index >= 15 is 0 Å². The molecule has 1 aromatic carbocycles. The van der Waals surface area contributed by atoms with Crippen LogP contribution in [0.5, 0.6) is 0 Å². The zero-order valence-electron chi connectivity index (χ0n) is 14.9. The summed E-state index contributed by atoms with van der Waals surface area (Å²) in [6.07, 6.45) is 4.38. The lowest BCUT2D eigenvalue weighted by Gasteiger charge is -2.09. The Morgan fingerprint density at radius 2 is 1.73 bits per heavy atom. The lowest BCUT2D eigenvalue weighted by molar-refractivity contribution is 0.0945. The number of aryl methyl sites for hydroxylation is 2. The highest BCUT2D eigenvalue weighted by atomic mass is 16.1. The maximum absolute atomic E-state index is 12.4. The Balaban J connectivity index is 1.70. The maximum atomic E-state index is 12.4. The van der Waals surface area contributed by atoms with Crippen molar-refractivity contribution in [2.45, 2.75) is 26.8 Å². The molecular weight excluding hydrogens is 326 g/mol. The third-order valence-corrected chi connectivity index (χ3v) is 3.91. The van der Waals surface area contributed by atoms with Crippen LogP contribution in [0.3, 0.4) is 0 Å². The Morgan fingerprint density at radius 1 is 1.00 bits per heavy atom. The highest BCUT2D eigenvalue weighted by molar-refractivity contribution is 5.92. The number of hydrogen-bond donors (Lipinski definition) is 2. The van der Waals surface area contributed by atoms with E-state index in [0.29, 0.717) is 18.2 Å². The van der Waals surface area contributed by atoms with Crippen molar-refractivity contribution in [3.05, 3.63) is 77.4 Å². The molecule has 3 rings (SSSR count). The third-order valence-electron chi connectivity index (χ3n) is 3.91. The zero-order valence-corrected chi connectivity index (χ0v) is 14.9. The molecule has 0 fully saturated rings. The van der Waals surface area contributed by atoms with Crippen molar-refractivity contribution in [3.63, 3.8) is 0 Å². The molecule has 0 aliphatic carbocycles. The molecular formula is C20H21N5O. The summed E-state index contributed by atoms with van der Waals surface area (Å²) in [5.74, 6) is 0.167. The van der Waals surface area contributed by atoms with Crippen LogP contribution in [0.2, 0.25) is 0 Å².